The number of amides is 2. The van der Waals surface area contributed by atoms with Gasteiger partial charge >= 0.3 is 0 Å². The summed E-state index contributed by atoms with van der Waals surface area (Å²) in [5, 5.41) is 5.79. The second-order valence-corrected chi connectivity index (χ2v) is 5.43. The standard InChI is InChI=1S/C17H17N3O2/c1-11-14(19-16(21)12-5-6-12)3-2-4-15(11)20-17(22)13-7-9-18-10-8-13/h2-4,7-10,12H,5-6H2,1H3,(H,19,21)(H,20,22). The van der Waals surface area contributed by atoms with E-state index < -0.39 is 0 Å². The van der Waals surface area contributed by atoms with Crippen molar-refractivity contribution in [3.8, 4) is 0 Å². The van der Waals surface area contributed by atoms with Crippen molar-refractivity contribution in [3.63, 3.8) is 0 Å². The van der Waals surface area contributed by atoms with Crippen LogP contribution in [0.15, 0.2) is 42.7 Å². The van der Waals surface area contributed by atoms with Crippen molar-refractivity contribution in [1.82, 2.24) is 4.98 Å². The van der Waals surface area contributed by atoms with Gasteiger partial charge in [-0.25, -0.2) is 0 Å². The Balaban J connectivity index is 1.76. The topological polar surface area (TPSA) is 71.1 Å². The van der Waals surface area contributed by atoms with Crippen LogP contribution in [0, 0.1) is 12.8 Å². The van der Waals surface area contributed by atoms with Crippen LogP contribution in [0.2, 0.25) is 0 Å². The highest BCUT2D eigenvalue weighted by molar-refractivity contribution is 6.05. The Morgan fingerprint density at radius 3 is 2.32 bits per heavy atom. The summed E-state index contributed by atoms with van der Waals surface area (Å²) < 4.78 is 0. The van der Waals surface area contributed by atoms with Crippen LogP contribution in [0.1, 0.15) is 28.8 Å². The summed E-state index contributed by atoms with van der Waals surface area (Å²) in [4.78, 5) is 28.0. The van der Waals surface area contributed by atoms with Crippen LogP contribution in [-0.2, 0) is 4.79 Å². The third-order valence-corrected chi connectivity index (χ3v) is 3.73. The fourth-order valence-corrected chi connectivity index (χ4v) is 2.18. The maximum absolute atomic E-state index is 12.2. The zero-order valence-electron chi connectivity index (χ0n) is 12.3. The van der Waals surface area contributed by atoms with Crippen molar-refractivity contribution in [2.24, 2.45) is 5.92 Å². The van der Waals surface area contributed by atoms with Gasteiger partial charge in [0.2, 0.25) is 5.91 Å². The lowest BCUT2D eigenvalue weighted by molar-refractivity contribution is -0.117. The lowest BCUT2D eigenvalue weighted by Crippen LogP contribution is -2.16. The molecule has 1 aromatic heterocycles. The number of hydrogen-bond acceptors (Lipinski definition) is 3. The minimum absolute atomic E-state index is 0.0562. The number of carbonyl (C=O) groups is 2. The van der Waals surface area contributed by atoms with E-state index in [0.29, 0.717) is 11.3 Å². The highest BCUT2D eigenvalue weighted by Crippen LogP contribution is 2.31. The molecule has 1 saturated carbocycles. The van der Waals surface area contributed by atoms with Crippen LogP contribution in [0.4, 0.5) is 11.4 Å². The SMILES string of the molecule is Cc1c(NC(=O)c2ccncc2)cccc1NC(=O)C1CC1. The summed E-state index contributed by atoms with van der Waals surface area (Å²) >= 11 is 0. The van der Waals surface area contributed by atoms with Crippen molar-refractivity contribution < 1.29 is 9.59 Å². The van der Waals surface area contributed by atoms with Crippen molar-refractivity contribution in [2.45, 2.75) is 19.8 Å². The van der Waals surface area contributed by atoms with Gasteiger partial charge in [-0.3, -0.25) is 14.6 Å². The Bertz CT molecular complexity index is 709. The number of nitrogens with one attached hydrogen (secondary N) is 2. The summed E-state index contributed by atoms with van der Waals surface area (Å²) in [5.41, 5.74) is 2.82. The summed E-state index contributed by atoms with van der Waals surface area (Å²) in [6.07, 6.45) is 5.08. The van der Waals surface area contributed by atoms with Crippen molar-refractivity contribution in [1.29, 1.82) is 0 Å². The number of benzene rings is 1. The predicted octanol–water partition coefficient (Wildman–Crippen LogP) is 2.99. The average Bonchev–Trinajstić information content (AvgIpc) is 3.37. The molecule has 1 aliphatic rings. The molecule has 5 nitrogen and oxygen atoms in total. The Hall–Kier alpha value is -2.69. The number of rotatable bonds is 4. The molecule has 1 aliphatic carbocycles. The third-order valence-electron chi connectivity index (χ3n) is 3.73. The predicted molar refractivity (Wildman–Crippen MR) is 84.7 cm³/mol. The number of carbonyl (C=O) groups excluding carboxylic acids is 2. The number of nitrogens with zero attached hydrogens (tertiary/aromatic N) is 1. The first kappa shape index (κ1) is 14.3. The molecule has 2 amide bonds. The zero-order chi connectivity index (χ0) is 15.5. The van der Waals surface area contributed by atoms with E-state index in [1.807, 2.05) is 25.1 Å². The monoisotopic (exact) mass is 295 g/mol. The smallest absolute Gasteiger partial charge is 0.255 e. The van der Waals surface area contributed by atoms with Gasteiger partial charge in [-0.1, -0.05) is 6.07 Å². The quantitative estimate of drug-likeness (QED) is 0.911. The molecule has 5 heteroatoms. The van der Waals surface area contributed by atoms with E-state index in [2.05, 4.69) is 15.6 Å². The van der Waals surface area contributed by atoms with Crippen LogP contribution in [0.5, 0.6) is 0 Å². The molecule has 0 saturated heterocycles. The van der Waals surface area contributed by atoms with E-state index in [1.54, 1.807) is 24.5 Å². The van der Waals surface area contributed by atoms with Crippen LogP contribution in [0.25, 0.3) is 0 Å². The van der Waals surface area contributed by atoms with Gasteiger partial charge in [-0.2, -0.15) is 0 Å². The van der Waals surface area contributed by atoms with E-state index in [-0.39, 0.29) is 17.7 Å². The first-order valence-corrected chi connectivity index (χ1v) is 7.27. The van der Waals surface area contributed by atoms with Crippen LogP contribution >= 0.6 is 0 Å². The molecule has 1 heterocycles. The number of aromatic nitrogens is 1. The van der Waals surface area contributed by atoms with Gasteiger partial charge < -0.3 is 10.6 Å². The first-order valence-electron chi connectivity index (χ1n) is 7.27. The van der Waals surface area contributed by atoms with Gasteiger partial charge in [-0.05, 0) is 49.6 Å². The fraction of sp³-hybridized carbons (Fsp3) is 0.235. The molecule has 3 rings (SSSR count). The van der Waals surface area contributed by atoms with E-state index in [0.717, 1.165) is 24.1 Å². The van der Waals surface area contributed by atoms with E-state index >= 15 is 0 Å². The maximum Gasteiger partial charge on any atom is 0.255 e. The lowest BCUT2D eigenvalue weighted by atomic mass is 10.1. The Morgan fingerprint density at radius 1 is 1.05 bits per heavy atom. The molecule has 0 spiro atoms. The molecular formula is C17H17N3O2. The molecular weight excluding hydrogens is 278 g/mol. The minimum atomic E-state index is -0.198. The molecule has 22 heavy (non-hydrogen) atoms. The summed E-state index contributed by atoms with van der Waals surface area (Å²) in [5.74, 6) is 0.00588. The summed E-state index contributed by atoms with van der Waals surface area (Å²) in [6, 6.07) is 8.79. The van der Waals surface area contributed by atoms with Crippen molar-refractivity contribution in [3.05, 3.63) is 53.9 Å². The van der Waals surface area contributed by atoms with Crippen LogP contribution in [0.3, 0.4) is 0 Å². The zero-order valence-corrected chi connectivity index (χ0v) is 12.3. The third kappa shape index (κ3) is 3.14. The fourth-order valence-electron chi connectivity index (χ4n) is 2.18. The first-order chi connectivity index (χ1) is 10.6. The van der Waals surface area contributed by atoms with E-state index in [4.69, 9.17) is 0 Å². The minimum Gasteiger partial charge on any atom is -0.326 e. The normalized spacial score (nSPS) is 13.5. The highest BCUT2D eigenvalue weighted by atomic mass is 16.2. The van der Waals surface area contributed by atoms with E-state index in [1.165, 1.54) is 0 Å². The van der Waals surface area contributed by atoms with Gasteiger partial charge in [0, 0.05) is 35.2 Å². The molecule has 1 aromatic carbocycles. The van der Waals surface area contributed by atoms with Crippen molar-refractivity contribution in [2.75, 3.05) is 10.6 Å². The van der Waals surface area contributed by atoms with Gasteiger partial charge in [0.1, 0.15) is 0 Å². The second-order valence-electron chi connectivity index (χ2n) is 5.43. The lowest BCUT2D eigenvalue weighted by Gasteiger charge is -2.13. The molecule has 2 aromatic rings. The number of hydrogen-bond donors (Lipinski definition) is 2. The Labute approximate surface area is 128 Å². The van der Waals surface area contributed by atoms with Gasteiger partial charge in [0.15, 0.2) is 0 Å². The molecule has 0 unspecified atom stereocenters. The molecule has 2 N–H and O–H groups in total. The van der Waals surface area contributed by atoms with Crippen molar-refractivity contribution >= 4 is 23.2 Å². The van der Waals surface area contributed by atoms with Crippen LogP contribution in [-0.4, -0.2) is 16.8 Å². The molecule has 1 fully saturated rings. The van der Waals surface area contributed by atoms with Gasteiger partial charge in [0.05, 0.1) is 0 Å². The van der Waals surface area contributed by atoms with Gasteiger partial charge in [-0.15, -0.1) is 0 Å². The average molecular weight is 295 g/mol. The number of pyridine rings is 1. The summed E-state index contributed by atoms with van der Waals surface area (Å²) in [7, 11) is 0. The summed E-state index contributed by atoms with van der Waals surface area (Å²) in [6.45, 7) is 1.88. The maximum atomic E-state index is 12.2. The number of anilines is 2. The molecule has 0 bridgehead atoms. The second kappa shape index (κ2) is 5.97. The van der Waals surface area contributed by atoms with Gasteiger partial charge in [0.25, 0.3) is 5.91 Å². The Kier molecular flexibility index (Phi) is 3.87. The Morgan fingerprint density at radius 2 is 1.68 bits per heavy atom. The largest absolute Gasteiger partial charge is 0.326 e. The molecule has 0 aliphatic heterocycles. The highest BCUT2D eigenvalue weighted by Gasteiger charge is 2.29. The molecule has 0 radical (unpaired) electrons. The molecule has 0 atom stereocenters. The molecule has 112 valence electrons. The van der Waals surface area contributed by atoms with Crippen LogP contribution < -0.4 is 10.6 Å². The van der Waals surface area contributed by atoms with E-state index in [9.17, 15) is 9.59 Å².